The summed E-state index contributed by atoms with van der Waals surface area (Å²) in [7, 11) is 5.45. The molecule has 0 aliphatic heterocycles. The summed E-state index contributed by atoms with van der Waals surface area (Å²) >= 11 is 0. The molecular formula is C19H22N4O5. The maximum Gasteiger partial charge on any atom is 0.341 e. The second-order valence-corrected chi connectivity index (χ2v) is 6.15. The van der Waals surface area contributed by atoms with Gasteiger partial charge in [-0.15, -0.1) is 0 Å². The molecular weight excluding hydrogens is 364 g/mol. The van der Waals surface area contributed by atoms with E-state index in [0.717, 1.165) is 17.3 Å². The van der Waals surface area contributed by atoms with Gasteiger partial charge >= 0.3 is 5.97 Å². The second kappa shape index (κ2) is 9.36. The number of carbonyl (C=O) groups is 2. The van der Waals surface area contributed by atoms with Gasteiger partial charge in [0.2, 0.25) is 0 Å². The van der Waals surface area contributed by atoms with E-state index >= 15 is 0 Å². The van der Waals surface area contributed by atoms with Crippen molar-refractivity contribution in [3.05, 3.63) is 63.7 Å². The number of anilines is 2. The molecule has 0 aliphatic rings. The van der Waals surface area contributed by atoms with E-state index in [0.29, 0.717) is 12.2 Å². The topological polar surface area (TPSA) is 114 Å². The van der Waals surface area contributed by atoms with Crippen LogP contribution >= 0.6 is 0 Å². The molecule has 0 saturated carbocycles. The lowest BCUT2D eigenvalue weighted by molar-refractivity contribution is -0.384. The average molecular weight is 386 g/mol. The van der Waals surface area contributed by atoms with E-state index in [2.05, 4.69) is 10.6 Å². The molecule has 2 aromatic rings. The zero-order valence-corrected chi connectivity index (χ0v) is 15.9. The zero-order chi connectivity index (χ0) is 20.7. The van der Waals surface area contributed by atoms with Crippen LogP contribution in [0.15, 0.2) is 42.5 Å². The van der Waals surface area contributed by atoms with Crippen LogP contribution in [0.3, 0.4) is 0 Å². The molecule has 1 amide bonds. The Morgan fingerprint density at radius 1 is 1.14 bits per heavy atom. The van der Waals surface area contributed by atoms with Gasteiger partial charge in [-0.05, 0) is 23.8 Å². The van der Waals surface area contributed by atoms with Crippen LogP contribution in [-0.2, 0) is 16.1 Å². The molecule has 0 atom stereocenters. The molecule has 2 aromatic carbocycles. The molecule has 9 heteroatoms. The van der Waals surface area contributed by atoms with Crippen LogP contribution in [0, 0.1) is 10.1 Å². The van der Waals surface area contributed by atoms with Gasteiger partial charge in [-0.25, -0.2) is 4.79 Å². The van der Waals surface area contributed by atoms with Crippen molar-refractivity contribution >= 4 is 28.9 Å². The Labute approximate surface area is 162 Å². The number of nitro groups is 1. The van der Waals surface area contributed by atoms with E-state index in [1.807, 2.05) is 43.3 Å². The lowest BCUT2D eigenvalue weighted by Gasteiger charge is -2.13. The van der Waals surface area contributed by atoms with E-state index in [4.69, 9.17) is 4.74 Å². The van der Waals surface area contributed by atoms with Crippen molar-refractivity contribution in [1.29, 1.82) is 0 Å². The van der Waals surface area contributed by atoms with Gasteiger partial charge in [-0.2, -0.15) is 0 Å². The van der Waals surface area contributed by atoms with Crippen LogP contribution in [0.2, 0.25) is 0 Å². The van der Waals surface area contributed by atoms with E-state index in [9.17, 15) is 19.7 Å². The smallest absolute Gasteiger partial charge is 0.341 e. The first-order valence-corrected chi connectivity index (χ1v) is 8.48. The molecule has 0 fully saturated rings. The fourth-order valence-corrected chi connectivity index (χ4v) is 2.41. The maximum absolute atomic E-state index is 12.2. The van der Waals surface area contributed by atoms with Crippen LogP contribution in [0.4, 0.5) is 17.1 Å². The summed E-state index contributed by atoms with van der Waals surface area (Å²) < 4.78 is 4.99. The fourth-order valence-electron chi connectivity index (χ4n) is 2.41. The summed E-state index contributed by atoms with van der Waals surface area (Å²) in [5.41, 5.74) is 2.07. The fraction of sp³-hybridized carbons (Fsp3) is 0.263. The number of hydrogen-bond acceptors (Lipinski definition) is 7. The van der Waals surface area contributed by atoms with Crippen LogP contribution < -0.4 is 15.5 Å². The summed E-state index contributed by atoms with van der Waals surface area (Å²) in [6, 6.07) is 11.4. The maximum atomic E-state index is 12.2. The number of nitrogens with one attached hydrogen (secondary N) is 2. The van der Waals surface area contributed by atoms with Crippen molar-refractivity contribution in [3.63, 3.8) is 0 Å². The van der Waals surface area contributed by atoms with E-state index in [-0.39, 0.29) is 11.3 Å². The third-order valence-corrected chi connectivity index (χ3v) is 3.98. The average Bonchev–Trinajstić information content (AvgIpc) is 2.70. The number of ether oxygens (including phenoxy) is 1. The Bertz CT molecular complexity index is 865. The quantitative estimate of drug-likeness (QED) is 0.406. The summed E-state index contributed by atoms with van der Waals surface area (Å²) in [6.07, 6.45) is 0. The molecule has 0 aliphatic carbocycles. The second-order valence-electron chi connectivity index (χ2n) is 6.15. The summed E-state index contributed by atoms with van der Waals surface area (Å²) in [6.45, 7) is -0.191. The molecule has 0 aromatic heterocycles. The number of nitrogens with zero attached hydrogens (tertiary/aromatic N) is 2. The van der Waals surface area contributed by atoms with Crippen LogP contribution in [0.25, 0.3) is 0 Å². The minimum atomic E-state index is -0.821. The molecule has 0 spiro atoms. The lowest BCUT2D eigenvalue weighted by atomic mass is 10.1. The van der Waals surface area contributed by atoms with Gasteiger partial charge in [-0.1, -0.05) is 12.1 Å². The number of esters is 1. The van der Waals surface area contributed by atoms with Gasteiger partial charge in [0, 0.05) is 51.2 Å². The van der Waals surface area contributed by atoms with Crippen molar-refractivity contribution in [1.82, 2.24) is 5.32 Å². The summed E-state index contributed by atoms with van der Waals surface area (Å²) in [5, 5.41) is 16.3. The number of nitro benzene ring substituents is 1. The molecule has 2 rings (SSSR count). The first-order valence-electron chi connectivity index (χ1n) is 8.48. The number of non-ortho nitro benzene ring substituents is 1. The molecule has 148 valence electrons. The normalized spacial score (nSPS) is 10.1. The molecule has 0 radical (unpaired) electrons. The highest BCUT2D eigenvalue weighted by Gasteiger charge is 2.18. The zero-order valence-electron chi connectivity index (χ0n) is 15.9. The largest absolute Gasteiger partial charge is 0.452 e. The predicted octanol–water partition coefficient (Wildman–Crippen LogP) is 2.18. The van der Waals surface area contributed by atoms with Gasteiger partial charge in [0.1, 0.15) is 0 Å². The van der Waals surface area contributed by atoms with Crippen molar-refractivity contribution in [2.45, 2.75) is 6.54 Å². The number of carbonyl (C=O) groups excluding carboxylic acids is 2. The first-order chi connectivity index (χ1) is 13.3. The van der Waals surface area contributed by atoms with Crippen molar-refractivity contribution < 1.29 is 19.2 Å². The van der Waals surface area contributed by atoms with Crippen molar-refractivity contribution in [3.8, 4) is 0 Å². The van der Waals surface area contributed by atoms with Gasteiger partial charge in [0.25, 0.3) is 11.6 Å². The summed E-state index contributed by atoms with van der Waals surface area (Å²) in [5.74, 6) is -1.29. The Kier molecular flexibility index (Phi) is 6.91. The number of benzene rings is 2. The molecule has 9 nitrogen and oxygen atoms in total. The highest BCUT2D eigenvalue weighted by Crippen LogP contribution is 2.22. The van der Waals surface area contributed by atoms with Crippen molar-refractivity contribution in [2.75, 3.05) is 38.0 Å². The van der Waals surface area contributed by atoms with Gasteiger partial charge in [0.05, 0.1) is 10.5 Å². The van der Waals surface area contributed by atoms with Gasteiger partial charge in [-0.3, -0.25) is 14.9 Å². The van der Waals surface area contributed by atoms with Crippen LogP contribution in [-0.4, -0.2) is 44.5 Å². The van der Waals surface area contributed by atoms with Crippen LogP contribution in [0.1, 0.15) is 15.9 Å². The monoisotopic (exact) mass is 386 g/mol. The molecule has 2 N–H and O–H groups in total. The SMILES string of the molecule is CNc1ccc([N+](=O)[O-])cc1C(=O)OCC(=O)NCc1ccc(N(C)C)cc1. The Hall–Kier alpha value is -3.62. The minimum absolute atomic E-state index is 0.0104. The third-order valence-electron chi connectivity index (χ3n) is 3.98. The predicted molar refractivity (Wildman–Crippen MR) is 106 cm³/mol. The Morgan fingerprint density at radius 2 is 1.82 bits per heavy atom. The van der Waals surface area contributed by atoms with E-state index in [1.54, 1.807) is 7.05 Å². The first kappa shape index (κ1) is 20.7. The number of hydrogen-bond donors (Lipinski definition) is 2. The highest BCUT2D eigenvalue weighted by atomic mass is 16.6. The lowest BCUT2D eigenvalue weighted by Crippen LogP contribution is -2.28. The number of amides is 1. The molecule has 0 heterocycles. The van der Waals surface area contributed by atoms with Gasteiger partial charge < -0.3 is 20.3 Å². The minimum Gasteiger partial charge on any atom is -0.452 e. The highest BCUT2D eigenvalue weighted by molar-refractivity contribution is 5.97. The molecule has 28 heavy (non-hydrogen) atoms. The third kappa shape index (κ3) is 5.44. The molecule has 0 unspecified atom stereocenters. The standard InChI is InChI=1S/C19H22N4O5/c1-20-17-9-8-15(23(26)27)10-16(17)19(25)28-12-18(24)21-11-13-4-6-14(7-5-13)22(2)3/h4-10,20H,11-12H2,1-3H3,(H,21,24). The molecule has 0 bridgehead atoms. The Balaban J connectivity index is 1.91. The van der Waals surface area contributed by atoms with E-state index in [1.165, 1.54) is 12.1 Å². The van der Waals surface area contributed by atoms with E-state index < -0.39 is 23.4 Å². The van der Waals surface area contributed by atoms with Crippen molar-refractivity contribution in [2.24, 2.45) is 0 Å². The van der Waals surface area contributed by atoms with Crippen LogP contribution in [0.5, 0.6) is 0 Å². The summed E-state index contributed by atoms with van der Waals surface area (Å²) in [4.78, 5) is 36.4. The number of rotatable bonds is 8. The van der Waals surface area contributed by atoms with Gasteiger partial charge in [0.15, 0.2) is 6.61 Å². The Morgan fingerprint density at radius 3 is 2.39 bits per heavy atom. The molecule has 0 saturated heterocycles.